The maximum absolute atomic E-state index is 12.7. The number of anilines is 1. The molecule has 0 spiro atoms. The minimum absolute atomic E-state index is 0.233. The van der Waals surface area contributed by atoms with Crippen molar-refractivity contribution in [2.75, 3.05) is 18.5 Å². The number of rotatable bonds is 7. The number of hydrogen-bond acceptors (Lipinski definition) is 5. The average Bonchev–Trinajstić information content (AvgIpc) is 3.04. The fourth-order valence-electron chi connectivity index (χ4n) is 2.85. The number of halogens is 1. The fraction of sp³-hybridized carbons (Fsp3) is 0.182. The third kappa shape index (κ3) is 4.96. The number of ether oxygens (including phenoxy) is 2. The molecule has 3 rings (SSSR count). The monoisotopic (exact) mass is 429 g/mol. The average molecular weight is 430 g/mol. The van der Waals surface area contributed by atoms with Crippen LogP contribution < -0.4 is 10.1 Å². The van der Waals surface area contributed by atoms with E-state index in [4.69, 9.17) is 21.1 Å². The van der Waals surface area contributed by atoms with E-state index in [2.05, 4.69) is 5.32 Å². The van der Waals surface area contributed by atoms with Crippen LogP contribution in [0.15, 0.2) is 54.6 Å². The van der Waals surface area contributed by atoms with Gasteiger partial charge in [-0.15, -0.1) is 11.3 Å². The topological polar surface area (TPSA) is 64.6 Å². The van der Waals surface area contributed by atoms with Crippen molar-refractivity contribution in [3.05, 3.63) is 70.1 Å². The lowest BCUT2D eigenvalue weighted by Gasteiger charge is -2.10. The van der Waals surface area contributed by atoms with Gasteiger partial charge in [0.2, 0.25) is 0 Å². The van der Waals surface area contributed by atoms with Crippen molar-refractivity contribution in [1.29, 1.82) is 0 Å². The zero-order chi connectivity index (χ0) is 20.8. The Morgan fingerprint density at radius 2 is 1.76 bits per heavy atom. The molecule has 0 bridgehead atoms. The van der Waals surface area contributed by atoms with Gasteiger partial charge < -0.3 is 14.8 Å². The van der Waals surface area contributed by atoms with E-state index in [0.717, 1.165) is 16.0 Å². The minimum atomic E-state index is -0.474. The second-order valence-electron chi connectivity index (χ2n) is 6.09. The highest BCUT2D eigenvalue weighted by molar-refractivity contribution is 7.17. The molecule has 0 aliphatic heterocycles. The lowest BCUT2D eigenvalue weighted by atomic mass is 10.0. The number of benzene rings is 2. The van der Waals surface area contributed by atoms with Crippen LogP contribution in [-0.4, -0.2) is 25.1 Å². The standard InChI is InChI=1S/C22H20ClNO4S/c1-3-27-22(26)20-19(15-9-5-4-6-10-15)14(2)29-21(20)24-18(25)13-28-17-12-8-7-11-16(17)23/h4-12H,3,13H2,1-2H3,(H,24,25). The minimum Gasteiger partial charge on any atom is -0.482 e. The van der Waals surface area contributed by atoms with Crippen LogP contribution in [0.4, 0.5) is 5.00 Å². The van der Waals surface area contributed by atoms with Gasteiger partial charge in [-0.25, -0.2) is 4.79 Å². The van der Waals surface area contributed by atoms with Gasteiger partial charge in [0, 0.05) is 10.4 Å². The molecule has 0 fully saturated rings. The molecule has 0 saturated carbocycles. The summed E-state index contributed by atoms with van der Waals surface area (Å²) in [4.78, 5) is 26.0. The second kappa shape index (κ2) is 9.58. The Morgan fingerprint density at radius 3 is 2.45 bits per heavy atom. The summed E-state index contributed by atoms with van der Waals surface area (Å²) < 4.78 is 10.7. The van der Waals surface area contributed by atoms with Crippen molar-refractivity contribution in [2.24, 2.45) is 0 Å². The highest BCUT2D eigenvalue weighted by Gasteiger charge is 2.25. The van der Waals surface area contributed by atoms with E-state index in [9.17, 15) is 9.59 Å². The molecule has 1 heterocycles. The van der Waals surface area contributed by atoms with Gasteiger partial charge in [-0.2, -0.15) is 0 Å². The number of amides is 1. The lowest BCUT2D eigenvalue weighted by Crippen LogP contribution is -2.21. The zero-order valence-electron chi connectivity index (χ0n) is 16.0. The Morgan fingerprint density at radius 1 is 1.07 bits per heavy atom. The van der Waals surface area contributed by atoms with E-state index < -0.39 is 11.9 Å². The highest BCUT2D eigenvalue weighted by Crippen LogP contribution is 2.40. The molecular formula is C22H20ClNO4S. The first-order chi connectivity index (χ1) is 14.0. The third-order valence-electron chi connectivity index (χ3n) is 4.07. The number of aryl methyl sites for hydroxylation is 1. The van der Waals surface area contributed by atoms with Crippen LogP contribution in [0.1, 0.15) is 22.2 Å². The van der Waals surface area contributed by atoms with Crippen molar-refractivity contribution in [2.45, 2.75) is 13.8 Å². The Balaban J connectivity index is 1.85. The molecule has 150 valence electrons. The maximum Gasteiger partial charge on any atom is 0.341 e. The number of para-hydroxylation sites is 1. The smallest absolute Gasteiger partial charge is 0.341 e. The summed E-state index contributed by atoms with van der Waals surface area (Å²) >= 11 is 7.37. The van der Waals surface area contributed by atoms with Gasteiger partial charge in [0.1, 0.15) is 16.3 Å². The molecular weight excluding hydrogens is 410 g/mol. The normalized spacial score (nSPS) is 10.4. The molecule has 5 nitrogen and oxygen atoms in total. The molecule has 1 N–H and O–H groups in total. The maximum atomic E-state index is 12.7. The SMILES string of the molecule is CCOC(=O)c1c(NC(=O)COc2ccccc2Cl)sc(C)c1-c1ccccc1. The Kier molecular flexibility index (Phi) is 6.90. The lowest BCUT2D eigenvalue weighted by molar-refractivity contribution is -0.118. The molecule has 1 amide bonds. The first-order valence-electron chi connectivity index (χ1n) is 9.04. The van der Waals surface area contributed by atoms with Gasteiger partial charge in [0.25, 0.3) is 5.91 Å². The van der Waals surface area contributed by atoms with Gasteiger partial charge in [-0.1, -0.05) is 54.1 Å². The number of carbonyl (C=O) groups excluding carboxylic acids is 2. The van der Waals surface area contributed by atoms with Gasteiger partial charge in [-0.3, -0.25) is 4.79 Å². The van der Waals surface area contributed by atoms with Crippen LogP contribution in [-0.2, 0) is 9.53 Å². The van der Waals surface area contributed by atoms with E-state index in [1.165, 1.54) is 11.3 Å². The second-order valence-corrected chi connectivity index (χ2v) is 7.72. The van der Waals surface area contributed by atoms with E-state index in [0.29, 0.717) is 21.3 Å². The van der Waals surface area contributed by atoms with Crippen LogP contribution in [0.5, 0.6) is 5.75 Å². The third-order valence-corrected chi connectivity index (χ3v) is 5.41. The van der Waals surface area contributed by atoms with Gasteiger partial charge in [0.05, 0.1) is 11.6 Å². The first kappa shape index (κ1) is 20.9. The molecule has 0 unspecified atom stereocenters. The van der Waals surface area contributed by atoms with Gasteiger partial charge in [0.15, 0.2) is 6.61 Å². The van der Waals surface area contributed by atoms with Gasteiger partial charge >= 0.3 is 5.97 Å². The summed E-state index contributed by atoms with van der Waals surface area (Å²) in [6.07, 6.45) is 0. The molecule has 2 aromatic carbocycles. The van der Waals surface area contributed by atoms with Crippen LogP contribution in [0.3, 0.4) is 0 Å². The van der Waals surface area contributed by atoms with Crippen LogP contribution >= 0.6 is 22.9 Å². The summed E-state index contributed by atoms with van der Waals surface area (Å²) in [5, 5.41) is 3.64. The number of carbonyl (C=O) groups is 2. The molecule has 7 heteroatoms. The quantitative estimate of drug-likeness (QED) is 0.498. The molecule has 0 saturated heterocycles. The number of esters is 1. The van der Waals surface area contributed by atoms with Crippen molar-refractivity contribution < 1.29 is 19.1 Å². The molecule has 3 aromatic rings. The van der Waals surface area contributed by atoms with Crippen molar-refractivity contribution in [3.63, 3.8) is 0 Å². The number of hydrogen-bond donors (Lipinski definition) is 1. The van der Waals surface area contributed by atoms with Crippen LogP contribution in [0.25, 0.3) is 11.1 Å². The molecule has 0 atom stereocenters. The van der Waals surface area contributed by atoms with E-state index in [1.54, 1.807) is 31.2 Å². The first-order valence-corrected chi connectivity index (χ1v) is 10.2. The molecule has 0 aliphatic carbocycles. The number of nitrogens with one attached hydrogen (secondary N) is 1. The predicted molar refractivity (Wildman–Crippen MR) is 116 cm³/mol. The highest BCUT2D eigenvalue weighted by atomic mass is 35.5. The van der Waals surface area contributed by atoms with Gasteiger partial charge in [-0.05, 0) is 31.5 Å². The van der Waals surface area contributed by atoms with Crippen LogP contribution in [0.2, 0.25) is 5.02 Å². The summed E-state index contributed by atoms with van der Waals surface area (Å²) in [6, 6.07) is 16.5. The molecule has 0 aliphatic rings. The number of thiophene rings is 1. The summed E-state index contributed by atoms with van der Waals surface area (Å²) in [5.74, 6) is -0.448. The predicted octanol–water partition coefficient (Wildman–Crippen LogP) is 5.57. The fourth-order valence-corrected chi connectivity index (χ4v) is 4.12. The van der Waals surface area contributed by atoms with E-state index in [1.807, 2.05) is 37.3 Å². The largest absolute Gasteiger partial charge is 0.482 e. The summed E-state index contributed by atoms with van der Waals surface area (Å²) in [7, 11) is 0. The Bertz CT molecular complexity index is 1020. The molecule has 29 heavy (non-hydrogen) atoms. The van der Waals surface area contributed by atoms with Crippen molar-refractivity contribution in [3.8, 4) is 16.9 Å². The zero-order valence-corrected chi connectivity index (χ0v) is 17.6. The molecule has 1 aromatic heterocycles. The van der Waals surface area contributed by atoms with Crippen molar-refractivity contribution in [1.82, 2.24) is 0 Å². The molecule has 0 radical (unpaired) electrons. The van der Waals surface area contributed by atoms with Crippen molar-refractivity contribution >= 4 is 39.8 Å². The summed E-state index contributed by atoms with van der Waals surface area (Å²) in [6.45, 7) is 3.66. The Hall–Kier alpha value is -2.83. The van der Waals surface area contributed by atoms with Crippen LogP contribution in [0, 0.1) is 6.92 Å². The van der Waals surface area contributed by atoms with E-state index in [-0.39, 0.29) is 13.2 Å². The van der Waals surface area contributed by atoms with E-state index >= 15 is 0 Å². The summed E-state index contributed by atoms with van der Waals surface area (Å²) in [5.41, 5.74) is 2.00. The Labute approximate surface area is 178 Å².